The Hall–Kier alpha value is -1.70. The van der Waals surface area contributed by atoms with E-state index < -0.39 is 0 Å². The maximum Gasteiger partial charge on any atom is 0.234 e. The Morgan fingerprint density at radius 3 is 2.53 bits per heavy atom. The van der Waals surface area contributed by atoms with E-state index in [0.717, 1.165) is 21.2 Å². The molecule has 0 bridgehead atoms. The summed E-state index contributed by atoms with van der Waals surface area (Å²) in [6.45, 7) is 8.33. The van der Waals surface area contributed by atoms with Crippen LogP contribution in [0.15, 0.2) is 39.9 Å². The van der Waals surface area contributed by atoms with Gasteiger partial charge in [-0.15, -0.1) is 10.2 Å². The molecule has 2 heterocycles. The van der Waals surface area contributed by atoms with Crippen LogP contribution >= 0.6 is 34.7 Å². The van der Waals surface area contributed by atoms with Crippen molar-refractivity contribution in [2.24, 2.45) is 5.41 Å². The fraction of sp³-hybridized carbons (Fsp3) is 0.455. The molecule has 0 radical (unpaired) electrons. The van der Waals surface area contributed by atoms with Crippen molar-refractivity contribution in [2.75, 3.05) is 4.90 Å². The van der Waals surface area contributed by atoms with Crippen molar-refractivity contribution < 1.29 is 9.59 Å². The highest BCUT2D eigenvalue weighted by Crippen LogP contribution is 2.48. The number of Topliss-reactive ketones (excluding diaryl/α,β-unsaturated/α-hetero) is 1. The van der Waals surface area contributed by atoms with Crippen molar-refractivity contribution in [2.45, 2.75) is 62.5 Å². The van der Waals surface area contributed by atoms with Crippen LogP contribution < -0.4 is 4.90 Å². The molecule has 0 unspecified atom stereocenters. The average Bonchev–Trinajstić information content (AvgIpc) is 3.07. The number of thioether (sulfide) groups is 1. The summed E-state index contributed by atoms with van der Waals surface area (Å²) in [4.78, 5) is 28.3. The first-order valence-corrected chi connectivity index (χ1v) is 12.1. The number of carbonyl (C=O) groups excluding carboxylic acids is 2. The number of halogens is 1. The van der Waals surface area contributed by atoms with Gasteiger partial charge in [0.2, 0.25) is 11.0 Å². The Kier molecular flexibility index (Phi) is 5.81. The number of rotatable bonds is 4. The fourth-order valence-electron chi connectivity index (χ4n) is 4.16. The first-order chi connectivity index (χ1) is 14.1. The molecule has 0 saturated carbocycles. The molecule has 8 heteroatoms. The number of nitrogens with zero attached hydrogens (tertiary/aromatic N) is 3. The molecule has 4 rings (SSSR count). The lowest BCUT2D eigenvalue weighted by Gasteiger charge is -2.41. The molecule has 1 amide bonds. The van der Waals surface area contributed by atoms with Crippen LogP contribution in [0.25, 0.3) is 0 Å². The number of anilines is 1. The third kappa shape index (κ3) is 4.20. The molecule has 158 valence electrons. The Bertz CT molecular complexity index is 1030. The van der Waals surface area contributed by atoms with E-state index in [1.54, 1.807) is 16.7 Å². The normalized spacial score (nSPS) is 21.4. The molecule has 1 atom stereocenters. The van der Waals surface area contributed by atoms with Crippen LogP contribution in [0.1, 0.15) is 58.4 Å². The summed E-state index contributed by atoms with van der Waals surface area (Å²) in [6, 6.07) is 7.45. The molecule has 1 aliphatic carbocycles. The Morgan fingerprint density at radius 2 is 1.87 bits per heavy atom. The minimum Gasteiger partial charge on any atom is -0.294 e. The maximum atomic E-state index is 13.3. The summed E-state index contributed by atoms with van der Waals surface area (Å²) >= 11 is 9.09. The van der Waals surface area contributed by atoms with Crippen molar-refractivity contribution in [1.82, 2.24) is 10.2 Å². The summed E-state index contributed by atoms with van der Waals surface area (Å²) in [6.07, 6.45) is 1.36. The number of amides is 1. The van der Waals surface area contributed by atoms with E-state index in [4.69, 9.17) is 11.6 Å². The summed E-state index contributed by atoms with van der Waals surface area (Å²) in [5.41, 5.74) is 2.26. The molecule has 0 N–H and O–H groups in total. The van der Waals surface area contributed by atoms with Crippen LogP contribution in [0, 0.1) is 5.41 Å². The van der Waals surface area contributed by atoms with Gasteiger partial charge in [0.05, 0.1) is 0 Å². The van der Waals surface area contributed by atoms with Gasteiger partial charge in [0.15, 0.2) is 10.1 Å². The van der Waals surface area contributed by atoms with Gasteiger partial charge in [-0.2, -0.15) is 0 Å². The number of benzene rings is 1. The Labute approximate surface area is 189 Å². The smallest absolute Gasteiger partial charge is 0.234 e. The van der Waals surface area contributed by atoms with Crippen molar-refractivity contribution in [1.29, 1.82) is 0 Å². The van der Waals surface area contributed by atoms with E-state index in [9.17, 15) is 9.59 Å². The highest BCUT2D eigenvalue weighted by molar-refractivity contribution is 8.01. The zero-order valence-corrected chi connectivity index (χ0v) is 19.8. The number of allylic oxidation sites excluding steroid dienone is 2. The molecule has 2 aliphatic rings. The number of hydrogen-bond donors (Lipinski definition) is 0. The van der Waals surface area contributed by atoms with E-state index in [1.807, 2.05) is 24.3 Å². The van der Waals surface area contributed by atoms with Gasteiger partial charge in [-0.25, -0.2) is 0 Å². The lowest BCUT2D eigenvalue weighted by molar-refractivity contribution is -0.121. The average molecular weight is 462 g/mol. The molecule has 1 aromatic carbocycles. The molecular formula is C22H24ClN3O2S2. The number of carbonyl (C=O) groups is 2. The van der Waals surface area contributed by atoms with Crippen molar-refractivity contribution in [3.63, 3.8) is 0 Å². The van der Waals surface area contributed by atoms with E-state index in [0.29, 0.717) is 28.2 Å². The van der Waals surface area contributed by atoms with Crippen molar-refractivity contribution >= 4 is 51.5 Å². The molecule has 1 aliphatic heterocycles. The topological polar surface area (TPSA) is 63.2 Å². The minimum absolute atomic E-state index is 0.0450. The monoisotopic (exact) mass is 461 g/mol. The first-order valence-electron chi connectivity index (χ1n) is 9.99. The zero-order chi connectivity index (χ0) is 21.6. The van der Waals surface area contributed by atoms with Gasteiger partial charge < -0.3 is 0 Å². The van der Waals surface area contributed by atoms with Crippen molar-refractivity contribution in [3.8, 4) is 0 Å². The van der Waals surface area contributed by atoms with Crippen LogP contribution in [0.2, 0.25) is 5.02 Å². The predicted octanol–water partition coefficient (Wildman–Crippen LogP) is 5.86. The second kappa shape index (κ2) is 8.09. The largest absolute Gasteiger partial charge is 0.294 e. The van der Waals surface area contributed by atoms with Crippen molar-refractivity contribution in [3.05, 3.63) is 46.1 Å². The van der Waals surface area contributed by atoms with Gasteiger partial charge in [0.25, 0.3) is 0 Å². The Balaban J connectivity index is 1.82. The second-order valence-corrected chi connectivity index (χ2v) is 12.1. The minimum atomic E-state index is -0.248. The second-order valence-electron chi connectivity index (χ2n) is 8.86. The standard InChI is InChI=1S/C22H24ClN3O2S2/c1-12(2)29-21-25-24-20(30-21)26-16-10-22(3,4)11-17(27)19(16)15(9-18(26)28)13-5-7-14(23)8-6-13/h5-8,12,15H,9-11H2,1-4H3/t15-/m0/s1. The Morgan fingerprint density at radius 1 is 1.17 bits per heavy atom. The van der Waals surface area contributed by atoms with E-state index in [1.165, 1.54) is 11.3 Å². The molecule has 1 aromatic heterocycles. The summed E-state index contributed by atoms with van der Waals surface area (Å²) in [5, 5.41) is 10.1. The van der Waals surface area contributed by atoms with E-state index >= 15 is 0 Å². The highest BCUT2D eigenvalue weighted by atomic mass is 35.5. The molecule has 0 fully saturated rings. The van der Waals surface area contributed by atoms with Crippen LogP contribution in [-0.2, 0) is 9.59 Å². The van der Waals surface area contributed by atoms with E-state index in [2.05, 4.69) is 37.9 Å². The zero-order valence-electron chi connectivity index (χ0n) is 17.4. The van der Waals surface area contributed by atoms with Crippen LogP contribution in [0.4, 0.5) is 5.13 Å². The molecular weight excluding hydrogens is 438 g/mol. The van der Waals surface area contributed by atoms with Gasteiger partial charge >= 0.3 is 0 Å². The fourth-order valence-corrected chi connectivity index (χ4v) is 6.39. The van der Waals surface area contributed by atoms with Gasteiger partial charge in [-0.1, -0.05) is 74.5 Å². The lowest BCUT2D eigenvalue weighted by atomic mass is 9.69. The summed E-state index contributed by atoms with van der Waals surface area (Å²) in [7, 11) is 0. The maximum absolute atomic E-state index is 13.3. The SMILES string of the molecule is CC(C)Sc1nnc(N2C(=O)C[C@@H](c3ccc(Cl)cc3)C3=C2CC(C)(C)CC3=O)s1. The van der Waals surface area contributed by atoms with Gasteiger partial charge in [-0.3, -0.25) is 14.5 Å². The lowest BCUT2D eigenvalue weighted by Crippen LogP contribution is -2.43. The first kappa shape index (κ1) is 21.5. The van der Waals surface area contributed by atoms with Crippen LogP contribution in [0.3, 0.4) is 0 Å². The number of ketones is 1. The van der Waals surface area contributed by atoms with Gasteiger partial charge in [0, 0.05) is 40.3 Å². The molecule has 30 heavy (non-hydrogen) atoms. The predicted molar refractivity (Wildman–Crippen MR) is 122 cm³/mol. The third-order valence-electron chi connectivity index (χ3n) is 5.34. The molecule has 2 aromatic rings. The number of aromatic nitrogens is 2. The summed E-state index contributed by atoms with van der Waals surface area (Å²) in [5.74, 6) is -0.182. The van der Waals surface area contributed by atoms with Gasteiger partial charge in [0.1, 0.15) is 0 Å². The van der Waals surface area contributed by atoms with Gasteiger partial charge in [-0.05, 0) is 29.5 Å². The molecule has 0 saturated heterocycles. The number of hydrogen-bond acceptors (Lipinski definition) is 6. The van der Waals surface area contributed by atoms with E-state index in [-0.39, 0.29) is 29.4 Å². The quantitative estimate of drug-likeness (QED) is 0.421. The molecule has 5 nitrogen and oxygen atoms in total. The molecule has 0 spiro atoms. The van der Waals surface area contributed by atoms with Crippen LogP contribution in [-0.4, -0.2) is 27.1 Å². The third-order valence-corrected chi connectivity index (χ3v) is 7.59. The summed E-state index contributed by atoms with van der Waals surface area (Å²) < 4.78 is 0.830. The highest BCUT2D eigenvalue weighted by Gasteiger charge is 2.45. The van der Waals surface area contributed by atoms with Crippen LogP contribution in [0.5, 0.6) is 0 Å².